The Morgan fingerprint density at radius 3 is 1.27 bits per heavy atom. The van der Waals surface area contributed by atoms with Crippen molar-refractivity contribution in [2.24, 2.45) is 0 Å². The molecule has 0 bridgehead atoms. The Morgan fingerprint density at radius 1 is 0.477 bits per heavy atom. The summed E-state index contributed by atoms with van der Waals surface area (Å²) in [5.41, 5.74) is 7.65. The molecule has 4 aliphatic heterocycles. The Labute approximate surface area is 257 Å². The molecule has 4 aliphatic rings. The molecule has 5 aromatic rings. The van der Waals surface area contributed by atoms with Gasteiger partial charge in [0.25, 0.3) is 13.4 Å². The van der Waals surface area contributed by atoms with Crippen molar-refractivity contribution in [1.29, 1.82) is 0 Å². The lowest BCUT2D eigenvalue weighted by Gasteiger charge is -2.36. The van der Waals surface area contributed by atoms with Crippen molar-refractivity contribution in [3.8, 4) is 46.3 Å². The van der Waals surface area contributed by atoms with Gasteiger partial charge < -0.3 is 18.9 Å². The van der Waals surface area contributed by atoms with E-state index in [4.69, 9.17) is 28.9 Å². The van der Waals surface area contributed by atoms with Crippen LogP contribution >= 0.6 is 0 Å². The van der Waals surface area contributed by atoms with Gasteiger partial charge in [-0.3, -0.25) is 4.98 Å². The maximum absolute atomic E-state index is 6.62. The summed E-state index contributed by atoms with van der Waals surface area (Å²) in [7, 11) is 0. The average molecular weight is 576 g/mol. The molecule has 1 aromatic heterocycles. The van der Waals surface area contributed by atoms with Gasteiger partial charge in [0.2, 0.25) is 11.8 Å². The van der Waals surface area contributed by atoms with Crippen LogP contribution in [0.15, 0.2) is 72.8 Å². The van der Waals surface area contributed by atoms with E-state index in [1.807, 2.05) is 36.4 Å². The normalized spacial score (nSPS) is 14.8. The molecule has 0 radical (unpaired) electrons. The third-order valence-electron chi connectivity index (χ3n) is 9.26. The molecule has 0 N–H and O–H groups in total. The molecule has 214 valence electrons. The van der Waals surface area contributed by atoms with E-state index in [0.29, 0.717) is 11.8 Å². The minimum absolute atomic E-state index is 0.0990. The maximum Gasteiger partial charge on any atom is 0.286 e. The van der Waals surface area contributed by atoms with Crippen LogP contribution in [0.3, 0.4) is 0 Å². The first-order valence-electron chi connectivity index (χ1n) is 15.2. The van der Waals surface area contributed by atoms with Crippen LogP contribution in [0.25, 0.3) is 0 Å². The molecule has 0 fully saturated rings. The molecule has 0 saturated carbocycles. The van der Waals surface area contributed by atoms with Crippen molar-refractivity contribution in [2.75, 3.05) is 0 Å². The van der Waals surface area contributed by atoms with Crippen molar-refractivity contribution >= 4 is 46.5 Å². The lowest BCUT2D eigenvalue weighted by atomic mass is 9.35. The molecular weight excluding hydrogens is 546 g/mol. The molecule has 0 amide bonds. The molecule has 0 unspecified atom stereocenters. The van der Waals surface area contributed by atoms with E-state index in [2.05, 4.69) is 77.9 Å². The number of benzene rings is 4. The van der Waals surface area contributed by atoms with Gasteiger partial charge in [-0.25, -0.2) is 0 Å². The minimum atomic E-state index is -0.195. The number of hydrogen-bond donors (Lipinski definition) is 0. The molecule has 44 heavy (non-hydrogen) atoms. The second-order valence-electron chi connectivity index (χ2n) is 14.2. The van der Waals surface area contributed by atoms with Crippen LogP contribution < -0.4 is 52.0 Å². The summed E-state index contributed by atoms with van der Waals surface area (Å²) in [5.74, 6) is 5.68. The van der Waals surface area contributed by atoms with Gasteiger partial charge in [0.15, 0.2) is 0 Å². The largest absolute Gasteiger partial charge is 0.458 e. The molecule has 9 rings (SSSR count). The fraction of sp³-hybridized carbons (Fsp3) is 0.222. The lowest BCUT2D eigenvalue weighted by molar-refractivity contribution is 0.418. The van der Waals surface area contributed by atoms with Crippen LogP contribution in [0.4, 0.5) is 0 Å². The van der Waals surface area contributed by atoms with E-state index in [1.165, 1.54) is 0 Å². The van der Waals surface area contributed by atoms with Crippen molar-refractivity contribution < 1.29 is 18.9 Å². The third-order valence-corrected chi connectivity index (χ3v) is 9.26. The van der Waals surface area contributed by atoms with Crippen LogP contribution in [-0.4, -0.2) is 23.4 Å². The summed E-state index contributed by atoms with van der Waals surface area (Å²) in [5, 5.41) is 0. The number of aromatic nitrogens is 2. The maximum atomic E-state index is 6.62. The molecule has 0 saturated heterocycles. The molecule has 6 nitrogen and oxygen atoms in total. The highest BCUT2D eigenvalue weighted by Crippen LogP contribution is 2.40. The first-order chi connectivity index (χ1) is 21.0. The SMILES string of the molecule is CC(C)(C)c1cc2c3c(c1)Oc1nc4c(nc1B3c1ccccc1O2)B1c2ccccc2Oc2cc(C(C)(C)C)cc(c21)O4. The Hall–Kier alpha value is -4.71. The highest BCUT2D eigenvalue weighted by Gasteiger charge is 2.47. The topological polar surface area (TPSA) is 62.7 Å². The van der Waals surface area contributed by atoms with Gasteiger partial charge in [-0.2, -0.15) is 4.98 Å². The third kappa shape index (κ3) is 3.57. The monoisotopic (exact) mass is 576 g/mol. The number of ether oxygens (including phenoxy) is 4. The predicted molar refractivity (Wildman–Crippen MR) is 175 cm³/mol. The first kappa shape index (κ1) is 25.8. The summed E-state index contributed by atoms with van der Waals surface area (Å²) in [4.78, 5) is 10.5. The summed E-state index contributed by atoms with van der Waals surface area (Å²) >= 11 is 0. The van der Waals surface area contributed by atoms with Crippen LogP contribution in [-0.2, 0) is 10.8 Å². The average Bonchev–Trinajstić information content (AvgIpc) is 2.98. The van der Waals surface area contributed by atoms with Crippen LogP contribution in [0, 0.1) is 0 Å². The Bertz CT molecular complexity index is 1930. The summed E-state index contributed by atoms with van der Waals surface area (Å²) in [6.07, 6.45) is 0. The number of nitrogens with zero attached hydrogens (tertiary/aromatic N) is 2. The second-order valence-corrected chi connectivity index (χ2v) is 14.2. The van der Waals surface area contributed by atoms with Gasteiger partial charge in [-0.05, 0) is 69.3 Å². The summed E-state index contributed by atoms with van der Waals surface area (Å²) in [6, 6.07) is 24.9. The van der Waals surface area contributed by atoms with Gasteiger partial charge >= 0.3 is 0 Å². The zero-order valence-corrected chi connectivity index (χ0v) is 25.6. The smallest absolute Gasteiger partial charge is 0.286 e. The second kappa shape index (κ2) is 8.47. The number of fused-ring (bicyclic) bond motifs is 8. The van der Waals surface area contributed by atoms with E-state index in [1.54, 1.807) is 0 Å². The molecular formula is C36H30B2N2O4. The number of rotatable bonds is 0. The zero-order valence-electron chi connectivity index (χ0n) is 25.6. The van der Waals surface area contributed by atoms with Gasteiger partial charge in [-0.15, -0.1) is 0 Å². The van der Waals surface area contributed by atoms with Crippen molar-refractivity contribution in [3.05, 3.63) is 83.9 Å². The standard InChI is InChI=1S/C36H30B2N2O4/c1-35(2,3)19-15-25-29-27(17-19)43-33-31(37(29)21-11-7-9-13-23(21)41-25)39-32-34(40-33)44-28-18-20(36(4,5)6)16-26-30(28)38(32)22-12-8-10-14-24(22)42-26/h7-18H,1-6H3. The highest BCUT2D eigenvalue weighted by atomic mass is 16.5. The van der Waals surface area contributed by atoms with E-state index < -0.39 is 0 Å². The van der Waals surface area contributed by atoms with Crippen molar-refractivity contribution in [3.63, 3.8) is 0 Å². The zero-order chi connectivity index (χ0) is 30.1. The quantitative estimate of drug-likeness (QED) is 0.248. The fourth-order valence-corrected chi connectivity index (χ4v) is 6.88. The molecule has 8 heteroatoms. The van der Waals surface area contributed by atoms with Gasteiger partial charge in [0, 0.05) is 10.9 Å². The highest BCUT2D eigenvalue weighted by molar-refractivity contribution is 6.99. The Balaban J connectivity index is 1.30. The molecule has 4 aromatic carbocycles. The van der Waals surface area contributed by atoms with E-state index in [9.17, 15) is 0 Å². The Kier molecular flexibility index (Phi) is 4.96. The lowest BCUT2D eigenvalue weighted by Crippen LogP contribution is -2.64. The molecule has 0 atom stereocenters. The first-order valence-corrected chi connectivity index (χ1v) is 15.2. The summed E-state index contributed by atoms with van der Waals surface area (Å²) in [6.45, 7) is 12.8. The van der Waals surface area contributed by atoms with E-state index in [0.717, 1.165) is 78.7 Å². The number of hydrogen-bond acceptors (Lipinski definition) is 6. The van der Waals surface area contributed by atoms with Crippen LogP contribution in [0.5, 0.6) is 46.3 Å². The summed E-state index contributed by atoms with van der Waals surface area (Å²) < 4.78 is 26.3. The van der Waals surface area contributed by atoms with Crippen molar-refractivity contribution in [2.45, 2.75) is 52.4 Å². The Morgan fingerprint density at radius 2 is 0.864 bits per heavy atom. The van der Waals surface area contributed by atoms with Gasteiger partial charge in [0.05, 0.1) is 11.2 Å². The molecule has 0 aliphatic carbocycles. The fourth-order valence-electron chi connectivity index (χ4n) is 6.88. The molecule has 5 heterocycles. The van der Waals surface area contributed by atoms with Crippen molar-refractivity contribution in [1.82, 2.24) is 9.97 Å². The minimum Gasteiger partial charge on any atom is -0.458 e. The van der Waals surface area contributed by atoms with Crippen LogP contribution in [0.2, 0.25) is 0 Å². The van der Waals surface area contributed by atoms with Gasteiger partial charge in [0.1, 0.15) is 34.5 Å². The van der Waals surface area contributed by atoms with Crippen LogP contribution in [0.1, 0.15) is 52.7 Å². The predicted octanol–water partition coefficient (Wildman–Crippen LogP) is 4.53. The van der Waals surface area contributed by atoms with E-state index in [-0.39, 0.29) is 24.3 Å². The van der Waals surface area contributed by atoms with Gasteiger partial charge in [-0.1, -0.05) is 77.9 Å². The number of para-hydroxylation sites is 2. The molecule has 0 spiro atoms. The van der Waals surface area contributed by atoms with E-state index >= 15 is 0 Å².